The average Bonchev–Trinajstić information content (AvgIpc) is 0.720. The number of rotatable bonds is 54. The number of benzene rings is 4. The largest absolute Gasteiger partial charge is 0.490 e. The van der Waals surface area contributed by atoms with E-state index < -0.39 is 224 Å². The molecule has 678 valence electrons. The maximum absolute atomic E-state index is 15.2. The van der Waals surface area contributed by atoms with E-state index in [0.717, 1.165) is 87.8 Å². The van der Waals surface area contributed by atoms with Crippen LogP contribution in [0.25, 0.3) is 32.3 Å². The molecule has 117 heavy (non-hydrogen) atoms. The summed E-state index contributed by atoms with van der Waals surface area (Å²) in [6, 6.07) is 5.36. The van der Waals surface area contributed by atoms with Crippen LogP contribution < -0.4 is 28.4 Å². The van der Waals surface area contributed by atoms with Gasteiger partial charge in [0.1, 0.15) is 0 Å². The third-order valence-corrected chi connectivity index (χ3v) is 18.8. The molecule has 0 spiro atoms. The second kappa shape index (κ2) is 38.9. The monoisotopic (exact) mass is 1780 g/mol. The Hall–Kier alpha value is -6.27. The number of hydrogen-bond acceptors (Lipinski definition) is 6. The first-order valence-electron chi connectivity index (χ1n) is 36.5. The highest BCUT2D eigenvalue weighted by molar-refractivity contribution is 6.27. The molecule has 4 aromatic rings. The zero-order valence-corrected chi connectivity index (χ0v) is 62.0. The summed E-state index contributed by atoms with van der Waals surface area (Å²) in [5, 5.41) is -2.07. The number of fused-ring (bicyclic) bond motifs is 6. The van der Waals surface area contributed by atoms with E-state index in [9.17, 15) is 145 Å². The summed E-state index contributed by atoms with van der Waals surface area (Å²) < 4.78 is 587. The van der Waals surface area contributed by atoms with Crippen molar-refractivity contribution in [2.75, 3.05) is 39.6 Å². The summed E-state index contributed by atoms with van der Waals surface area (Å²) in [7, 11) is 0. The fraction of sp³-hybridized carbons (Fsp3) is 0.750. The predicted molar refractivity (Wildman–Crippen MR) is 346 cm³/mol. The van der Waals surface area contributed by atoms with Gasteiger partial charge in [0.25, 0.3) is 0 Å². The minimum atomic E-state index is -8.31. The van der Waals surface area contributed by atoms with Crippen LogP contribution in [0.3, 0.4) is 0 Å². The molecule has 0 atom stereocenters. The molecule has 0 bridgehead atoms. The molecule has 0 N–H and O–H groups in total. The number of alkyl halides is 39. The lowest BCUT2D eigenvalue weighted by molar-refractivity contribution is -0.440. The lowest BCUT2D eigenvalue weighted by atomic mass is 9.92. The normalized spacial score (nSPS) is 14.5. The lowest BCUT2D eigenvalue weighted by Crippen LogP contribution is -2.70. The Bertz CT molecular complexity index is 3770. The van der Waals surface area contributed by atoms with Crippen LogP contribution in [-0.4, -0.2) is 147 Å². The predicted octanol–water partition coefficient (Wildman–Crippen LogP) is 29.2. The Morgan fingerprint density at radius 3 is 0.462 bits per heavy atom. The Labute approximate surface area is 642 Å². The van der Waals surface area contributed by atoms with E-state index in [1.807, 2.05) is 20.8 Å². The minimum absolute atomic E-state index is 0.0624. The average molecular weight is 1780 g/mol. The van der Waals surface area contributed by atoms with E-state index in [1.165, 1.54) is 0 Å². The molecule has 0 heterocycles. The van der Waals surface area contributed by atoms with Gasteiger partial charge in [-0.3, -0.25) is 0 Å². The molecule has 0 unspecified atom stereocenters. The first kappa shape index (κ1) is 103. The SMILES string of the molecule is CCCCCCCCCOc1cc2c3cc(OCCCCCCCCC)c(OCCCC(F)(F)C(F)(F)C(F)(F)C(F)(F)C(F)(F)C(F)(F)F)cc3c3cc(OCCCC(F)(F)C(F)(F)C(F)(F)C(F)(F)C(F)(F)C(F)(F)F)c(OCCCCCCCCC)cc3c2cc1OCCCC(F)(F)C(F)(F)C(F)(F)C(F)(F)C(F)(F)C(F)(F)F. The van der Waals surface area contributed by atoms with Crippen LogP contribution in [0.4, 0.5) is 171 Å². The van der Waals surface area contributed by atoms with Gasteiger partial charge in [-0.2, -0.15) is 171 Å². The molecule has 0 saturated heterocycles. The van der Waals surface area contributed by atoms with Gasteiger partial charge < -0.3 is 28.4 Å². The van der Waals surface area contributed by atoms with Gasteiger partial charge in [0, 0.05) is 19.3 Å². The molecule has 0 aliphatic carbocycles. The number of ether oxygens (including phenoxy) is 6. The number of unbranched alkanes of at least 4 members (excludes halogenated alkanes) is 18. The molecule has 0 saturated carbocycles. The van der Waals surface area contributed by atoms with Crippen molar-refractivity contribution < 1.29 is 200 Å². The van der Waals surface area contributed by atoms with E-state index in [2.05, 4.69) is 0 Å². The summed E-state index contributed by atoms with van der Waals surface area (Å²) >= 11 is 0. The van der Waals surface area contributed by atoms with Crippen LogP contribution in [0.15, 0.2) is 36.4 Å². The second-order valence-corrected chi connectivity index (χ2v) is 27.8. The van der Waals surface area contributed by atoms with E-state index in [-0.39, 0.29) is 47.4 Å². The fourth-order valence-corrected chi connectivity index (χ4v) is 11.7. The Morgan fingerprint density at radius 2 is 0.308 bits per heavy atom. The van der Waals surface area contributed by atoms with E-state index >= 15 is 26.3 Å². The second-order valence-electron chi connectivity index (χ2n) is 27.8. The van der Waals surface area contributed by atoms with Crippen molar-refractivity contribution in [3.8, 4) is 34.5 Å². The molecule has 0 amide bonds. The molecule has 0 aromatic heterocycles. The summed E-state index contributed by atoms with van der Waals surface area (Å²) in [6.45, 7) is -0.158. The molecule has 4 rings (SSSR count). The molecule has 0 aliphatic rings. The molecular weight excluding hydrogens is 1700 g/mol. The van der Waals surface area contributed by atoms with Crippen molar-refractivity contribution in [3.05, 3.63) is 36.4 Å². The van der Waals surface area contributed by atoms with Gasteiger partial charge >= 0.3 is 107 Å². The molecule has 0 aliphatic heterocycles. The molecule has 0 fully saturated rings. The Balaban J connectivity index is 2.13. The summed E-state index contributed by atoms with van der Waals surface area (Å²) in [5.41, 5.74) is 0. The van der Waals surface area contributed by atoms with Crippen LogP contribution in [-0.2, 0) is 0 Å². The third kappa shape index (κ3) is 21.6. The van der Waals surface area contributed by atoms with Gasteiger partial charge in [-0.05, 0) is 107 Å². The zero-order chi connectivity index (χ0) is 89.7. The highest BCUT2D eigenvalue weighted by Crippen LogP contribution is 2.65. The van der Waals surface area contributed by atoms with Crippen LogP contribution in [0.1, 0.15) is 194 Å². The molecule has 0 radical (unpaired) electrons. The smallest absolute Gasteiger partial charge is 0.460 e. The number of hydrogen-bond donors (Lipinski definition) is 0. The summed E-state index contributed by atoms with van der Waals surface area (Å²) in [5.74, 6) is -121. The van der Waals surface area contributed by atoms with Crippen molar-refractivity contribution in [3.63, 3.8) is 0 Å². The Kier molecular flexibility index (Phi) is 34.2. The summed E-state index contributed by atoms with van der Waals surface area (Å²) in [6.07, 6.45) is -25.4. The quantitative estimate of drug-likeness (QED) is 0.0249. The maximum atomic E-state index is 15.2. The number of halogens is 39. The molecule has 6 nitrogen and oxygen atoms in total. The van der Waals surface area contributed by atoms with Crippen LogP contribution in [0.2, 0.25) is 0 Å². The topological polar surface area (TPSA) is 55.4 Å². The molecule has 4 aromatic carbocycles. The van der Waals surface area contributed by atoms with Crippen molar-refractivity contribution in [1.29, 1.82) is 0 Å². The minimum Gasteiger partial charge on any atom is -0.490 e. The van der Waals surface area contributed by atoms with Crippen molar-refractivity contribution in [2.45, 2.75) is 302 Å². The highest BCUT2D eigenvalue weighted by Gasteiger charge is 2.93. The first-order valence-corrected chi connectivity index (χ1v) is 36.5. The lowest BCUT2D eigenvalue weighted by Gasteiger charge is -2.39. The fourth-order valence-electron chi connectivity index (χ4n) is 11.7. The van der Waals surface area contributed by atoms with Crippen molar-refractivity contribution >= 4 is 32.3 Å². The Morgan fingerprint density at radius 1 is 0.171 bits per heavy atom. The van der Waals surface area contributed by atoms with E-state index in [0.29, 0.717) is 64.2 Å². The van der Waals surface area contributed by atoms with Crippen molar-refractivity contribution in [1.82, 2.24) is 0 Å². The van der Waals surface area contributed by atoms with E-state index in [1.54, 1.807) is 0 Å². The highest BCUT2D eigenvalue weighted by atomic mass is 19.5. The van der Waals surface area contributed by atoms with Gasteiger partial charge in [0.2, 0.25) is 0 Å². The standard InChI is InChI=1S/C72H81F39O6/c1-4-7-10-13-16-19-22-31-112-49-37-43-44-38-50(113-32-23-20-17-14-11-8-5-2)53(116-35-26-29-56(75,76)59(81,82)62(87,88)65(93,94)68(99,100)71(106,107)108)41-47(44)48-42-54(117-36-27-30-57(77,78)60(83,84)63(89,90)66(95,96)69(101,102)72(109,110)111)51(114-33-24-21-18-15-12-9-6-3)39-45(48)46(43)40-52(49)115-34-25-28-55(73,74)58(79,80)61(85,86)64(91,92)67(97,98)70(103,104)105/h37-42H,4-36H2,1-3H3. The van der Waals surface area contributed by atoms with Gasteiger partial charge in [-0.25, -0.2) is 0 Å². The van der Waals surface area contributed by atoms with Crippen LogP contribution >= 0.6 is 0 Å². The van der Waals surface area contributed by atoms with Crippen LogP contribution in [0.5, 0.6) is 34.5 Å². The zero-order valence-electron chi connectivity index (χ0n) is 62.0. The van der Waals surface area contributed by atoms with Gasteiger partial charge in [-0.1, -0.05) is 136 Å². The first-order chi connectivity index (χ1) is 53.3. The molecular formula is C72H81F39O6. The maximum Gasteiger partial charge on any atom is 0.460 e. The third-order valence-electron chi connectivity index (χ3n) is 18.8. The van der Waals surface area contributed by atoms with Crippen LogP contribution in [0, 0.1) is 0 Å². The molecule has 45 heteroatoms. The van der Waals surface area contributed by atoms with E-state index in [4.69, 9.17) is 28.4 Å². The van der Waals surface area contributed by atoms with Crippen molar-refractivity contribution in [2.24, 2.45) is 0 Å². The van der Waals surface area contributed by atoms with Gasteiger partial charge in [0.05, 0.1) is 39.6 Å². The summed E-state index contributed by atoms with van der Waals surface area (Å²) in [4.78, 5) is 0. The van der Waals surface area contributed by atoms with Gasteiger partial charge in [0.15, 0.2) is 34.5 Å². The van der Waals surface area contributed by atoms with Gasteiger partial charge in [-0.15, -0.1) is 0 Å².